The van der Waals surface area contributed by atoms with Crippen LogP contribution in [0.5, 0.6) is 0 Å². The fourth-order valence-electron chi connectivity index (χ4n) is 9.96. The fourth-order valence-corrected chi connectivity index (χ4v) is 9.96. The molecule has 58 heavy (non-hydrogen) atoms. The molecule has 0 amide bonds. The van der Waals surface area contributed by atoms with Crippen molar-refractivity contribution >= 4 is 71.4 Å². The van der Waals surface area contributed by atoms with E-state index in [4.69, 9.17) is 0 Å². The van der Waals surface area contributed by atoms with Crippen molar-refractivity contribution in [3.8, 4) is 22.5 Å². The Morgan fingerprint density at radius 3 is 1.79 bits per heavy atom. The lowest BCUT2D eigenvalue weighted by Crippen LogP contribution is -2.26. The summed E-state index contributed by atoms with van der Waals surface area (Å²) in [6.07, 6.45) is 0. The minimum Gasteiger partial charge on any atom is -0.310 e. The van der Waals surface area contributed by atoms with Gasteiger partial charge in [0.05, 0.1) is 33.4 Å². The molecule has 0 atom stereocenters. The fraction of sp³-hybridized carbons (Fsp3) is 0.0545. The summed E-state index contributed by atoms with van der Waals surface area (Å²) in [7, 11) is 0. The number of fused-ring (bicyclic) bond motifs is 10. The van der Waals surface area contributed by atoms with Gasteiger partial charge in [0.2, 0.25) is 0 Å². The van der Waals surface area contributed by atoms with E-state index in [0.717, 1.165) is 17.1 Å². The Morgan fingerprint density at radius 1 is 0.414 bits per heavy atom. The van der Waals surface area contributed by atoms with Crippen molar-refractivity contribution in [1.29, 1.82) is 0 Å². The number of hydrogen-bond acceptors (Lipinski definition) is 1. The van der Waals surface area contributed by atoms with Crippen molar-refractivity contribution < 1.29 is 0 Å². The van der Waals surface area contributed by atoms with Crippen molar-refractivity contribution in [2.24, 2.45) is 0 Å². The summed E-state index contributed by atoms with van der Waals surface area (Å²) in [5.41, 5.74) is 15.7. The van der Waals surface area contributed by atoms with E-state index in [9.17, 15) is 0 Å². The molecule has 0 bridgehead atoms. The van der Waals surface area contributed by atoms with E-state index in [0.29, 0.717) is 0 Å². The molecule has 0 radical (unpaired) electrons. The van der Waals surface area contributed by atoms with E-state index in [-0.39, 0.29) is 5.41 Å². The summed E-state index contributed by atoms with van der Waals surface area (Å²) in [6.45, 7) is 4.81. The zero-order valence-electron chi connectivity index (χ0n) is 32.4. The number of nitrogens with zero attached hydrogens (tertiary/aromatic N) is 3. The normalized spacial score (nSPS) is 13.1. The van der Waals surface area contributed by atoms with Crippen LogP contribution in [-0.4, -0.2) is 9.13 Å². The maximum absolute atomic E-state index is 2.56. The van der Waals surface area contributed by atoms with Gasteiger partial charge in [-0.05, 0) is 94.4 Å². The third kappa shape index (κ3) is 4.62. The lowest BCUT2D eigenvalue weighted by Gasteiger charge is -2.35. The molecule has 0 fully saturated rings. The van der Waals surface area contributed by atoms with Crippen LogP contribution in [0.15, 0.2) is 200 Å². The van der Waals surface area contributed by atoms with Crippen LogP contribution in [0, 0.1) is 0 Å². The number of para-hydroxylation sites is 4. The average Bonchev–Trinajstić information content (AvgIpc) is 3.80. The molecule has 0 saturated carbocycles. The second kappa shape index (κ2) is 12.3. The third-order valence-electron chi connectivity index (χ3n) is 12.6. The van der Waals surface area contributed by atoms with Gasteiger partial charge in [-0.3, -0.25) is 0 Å². The maximum atomic E-state index is 2.56. The Bertz CT molecular complexity index is 3400. The molecule has 2 aromatic heterocycles. The SMILES string of the molecule is CC1(C)c2ccc(-c3ccc(N(c4ccccc4)c4cccc5ccccc45)cc3)cc2-n2c3ccccc3c3c2c1cc1c2ccccc2n(-c2ccccc2)c13. The first kappa shape index (κ1) is 32.8. The van der Waals surface area contributed by atoms with Gasteiger partial charge in [-0.15, -0.1) is 0 Å². The minimum atomic E-state index is -0.237. The van der Waals surface area contributed by atoms with E-state index in [1.807, 2.05) is 0 Å². The standard InChI is InChI=1S/C55H39N3/c1-55(2)46-33-30-38(36-28-31-41(32-29-36)56(39-18-5-3-6-19-39)48-27-15-17-37-16-9-10-22-42(37)48)34-51(46)58-50-26-14-12-24-44(50)52-53-45(35-47(55)54(52)58)43-23-11-13-25-49(43)57(53)40-20-7-4-8-21-40/h3-35H,1-2H3. The monoisotopic (exact) mass is 741 g/mol. The Morgan fingerprint density at radius 2 is 1.02 bits per heavy atom. The van der Waals surface area contributed by atoms with Crippen LogP contribution in [0.1, 0.15) is 25.0 Å². The van der Waals surface area contributed by atoms with E-state index in [2.05, 4.69) is 228 Å². The molecule has 12 rings (SSSR count). The van der Waals surface area contributed by atoms with Gasteiger partial charge in [-0.1, -0.05) is 147 Å². The van der Waals surface area contributed by atoms with Gasteiger partial charge in [0.15, 0.2) is 0 Å². The molecular formula is C55H39N3. The van der Waals surface area contributed by atoms with Crippen LogP contribution >= 0.6 is 0 Å². The quantitative estimate of drug-likeness (QED) is 0.171. The molecule has 11 aromatic rings. The summed E-state index contributed by atoms with van der Waals surface area (Å²) in [5, 5.41) is 7.62. The van der Waals surface area contributed by atoms with Gasteiger partial charge in [0.25, 0.3) is 0 Å². The molecule has 3 heteroatoms. The Labute approximate surface area is 337 Å². The predicted molar refractivity (Wildman–Crippen MR) is 245 cm³/mol. The van der Waals surface area contributed by atoms with Crippen LogP contribution in [0.2, 0.25) is 0 Å². The summed E-state index contributed by atoms with van der Waals surface area (Å²) in [4.78, 5) is 2.37. The molecule has 0 spiro atoms. The molecule has 274 valence electrons. The van der Waals surface area contributed by atoms with Gasteiger partial charge in [-0.2, -0.15) is 0 Å². The molecule has 9 aromatic carbocycles. The van der Waals surface area contributed by atoms with E-state index in [1.165, 1.54) is 88.0 Å². The molecule has 1 aliphatic heterocycles. The molecule has 0 aliphatic carbocycles. The number of aromatic nitrogens is 2. The lowest BCUT2D eigenvalue weighted by atomic mass is 9.73. The van der Waals surface area contributed by atoms with Crippen LogP contribution in [-0.2, 0) is 5.41 Å². The van der Waals surface area contributed by atoms with E-state index in [1.54, 1.807) is 0 Å². The highest BCUT2D eigenvalue weighted by atomic mass is 15.1. The van der Waals surface area contributed by atoms with Gasteiger partial charge >= 0.3 is 0 Å². The molecule has 3 nitrogen and oxygen atoms in total. The zero-order chi connectivity index (χ0) is 38.5. The first-order chi connectivity index (χ1) is 28.6. The van der Waals surface area contributed by atoms with Gasteiger partial charge in [0, 0.05) is 49.4 Å². The smallest absolute Gasteiger partial charge is 0.0641 e. The van der Waals surface area contributed by atoms with E-state index < -0.39 is 0 Å². The average molecular weight is 742 g/mol. The van der Waals surface area contributed by atoms with E-state index >= 15 is 0 Å². The van der Waals surface area contributed by atoms with Crippen LogP contribution in [0.4, 0.5) is 17.1 Å². The molecule has 0 unspecified atom stereocenters. The third-order valence-corrected chi connectivity index (χ3v) is 12.6. The second-order valence-corrected chi connectivity index (χ2v) is 16.2. The first-order valence-corrected chi connectivity index (χ1v) is 20.2. The largest absolute Gasteiger partial charge is 0.310 e. The lowest BCUT2D eigenvalue weighted by molar-refractivity contribution is 0.631. The van der Waals surface area contributed by atoms with Crippen LogP contribution < -0.4 is 4.90 Å². The molecular weight excluding hydrogens is 703 g/mol. The Kier molecular flexibility index (Phi) is 6.98. The van der Waals surface area contributed by atoms with Crippen molar-refractivity contribution in [3.05, 3.63) is 211 Å². The summed E-state index contributed by atoms with van der Waals surface area (Å²) in [6, 6.07) is 73.4. The number of rotatable bonds is 5. The zero-order valence-corrected chi connectivity index (χ0v) is 32.4. The van der Waals surface area contributed by atoms with Crippen molar-refractivity contribution in [3.63, 3.8) is 0 Å². The van der Waals surface area contributed by atoms with Crippen molar-refractivity contribution in [2.75, 3.05) is 4.90 Å². The second-order valence-electron chi connectivity index (χ2n) is 16.2. The number of anilines is 3. The van der Waals surface area contributed by atoms with Crippen molar-refractivity contribution in [1.82, 2.24) is 9.13 Å². The summed E-state index contributed by atoms with van der Waals surface area (Å²) < 4.78 is 5.04. The van der Waals surface area contributed by atoms with Gasteiger partial charge in [-0.25, -0.2) is 0 Å². The molecule has 0 saturated heterocycles. The van der Waals surface area contributed by atoms with Crippen LogP contribution in [0.3, 0.4) is 0 Å². The highest BCUT2D eigenvalue weighted by molar-refractivity contribution is 6.27. The number of hydrogen-bond donors (Lipinski definition) is 0. The highest BCUT2D eigenvalue weighted by Gasteiger charge is 2.37. The Hall–Kier alpha value is -7.36. The predicted octanol–water partition coefficient (Wildman–Crippen LogP) is 14.8. The van der Waals surface area contributed by atoms with Crippen LogP contribution in [0.25, 0.3) is 76.9 Å². The van der Waals surface area contributed by atoms with Crippen molar-refractivity contribution in [2.45, 2.75) is 19.3 Å². The number of benzene rings is 9. The maximum Gasteiger partial charge on any atom is 0.0641 e. The minimum absolute atomic E-state index is 0.237. The molecule has 0 N–H and O–H groups in total. The topological polar surface area (TPSA) is 13.1 Å². The first-order valence-electron chi connectivity index (χ1n) is 20.2. The summed E-state index contributed by atoms with van der Waals surface area (Å²) >= 11 is 0. The highest BCUT2D eigenvalue weighted by Crippen LogP contribution is 2.52. The Balaban J connectivity index is 1.07. The molecule has 3 heterocycles. The van der Waals surface area contributed by atoms with Gasteiger partial charge in [0.1, 0.15) is 0 Å². The summed E-state index contributed by atoms with van der Waals surface area (Å²) in [5.74, 6) is 0. The molecule has 1 aliphatic rings. The van der Waals surface area contributed by atoms with Gasteiger partial charge < -0.3 is 14.0 Å².